The number of rotatable bonds is 3. The SMILES string of the molecule is C[C@H]1COCCN1C(=O)Nc1ccc(-c2nc(N3CCOC[C@@H]3C)nc3c2CN(C(=O)OC(C)(C)C)C3)cc1. The van der Waals surface area contributed by atoms with Gasteiger partial charge >= 0.3 is 12.1 Å². The highest BCUT2D eigenvalue weighted by Gasteiger charge is 2.33. The second kappa shape index (κ2) is 11.0. The summed E-state index contributed by atoms with van der Waals surface area (Å²) in [7, 11) is 0. The van der Waals surface area contributed by atoms with E-state index in [-0.39, 0.29) is 24.2 Å². The Balaban J connectivity index is 1.42. The van der Waals surface area contributed by atoms with Gasteiger partial charge in [0.1, 0.15) is 5.60 Å². The van der Waals surface area contributed by atoms with Crippen LogP contribution in [0, 0.1) is 0 Å². The van der Waals surface area contributed by atoms with Crippen molar-refractivity contribution < 1.29 is 23.8 Å². The third kappa shape index (κ3) is 6.09. The molecule has 2 aromatic rings. The molecule has 5 rings (SSSR count). The third-order valence-corrected chi connectivity index (χ3v) is 7.08. The van der Waals surface area contributed by atoms with Gasteiger partial charge in [-0.25, -0.2) is 19.6 Å². The summed E-state index contributed by atoms with van der Waals surface area (Å²) in [5.41, 5.74) is 3.50. The number of nitrogens with zero attached hydrogens (tertiary/aromatic N) is 5. The zero-order valence-electron chi connectivity index (χ0n) is 23.4. The molecule has 11 heteroatoms. The topological polar surface area (TPSA) is 109 Å². The molecule has 0 bridgehead atoms. The summed E-state index contributed by atoms with van der Waals surface area (Å²) in [6, 6.07) is 7.67. The van der Waals surface area contributed by atoms with Crippen LogP contribution in [0.3, 0.4) is 0 Å². The monoisotopic (exact) mass is 538 g/mol. The maximum Gasteiger partial charge on any atom is 0.410 e. The molecule has 0 saturated carbocycles. The summed E-state index contributed by atoms with van der Waals surface area (Å²) in [6.45, 7) is 13.9. The van der Waals surface area contributed by atoms with Gasteiger partial charge in [-0.15, -0.1) is 0 Å². The predicted octanol–water partition coefficient (Wildman–Crippen LogP) is 3.87. The van der Waals surface area contributed by atoms with E-state index in [4.69, 9.17) is 24.2 Å². The van der Waals surface area contributed by atoms with Crippen molar-refractivity contribution in [1.82, 2.24) is 19.8 Å². The van der Waals surface area contributed by atoms with Gasteiger partial charge in [-0.05, 0) is 46.8 Å². The number of aromatic nitrogens is 2. The summed E-state index contributed by atoms with van der Waals surface area (Å²) in [6.07, 6.45) is -0.372. The van der Waals surface area contributed by atoms with Crippen molar-refractivity contribution in [3.8, 4) is 11.3 Å². The Bertz CT molecular complexity index is 1210. The Morgan fingerprint density at radius 2 is 1.67 bits per heavy atom. The maximum absolute atomic E-state index is 12.9. The second-order valence-electron chi connectivity index (χ2n) is 11.4. The van der Waals surface area contributed by atoms with Crippen LogP contribution in [0.15, 0.2) is 24.3 Å². The molecule has 1 aromatic heterocycles. The highest BCUT2D eigenvalue weighted by molar-refractivity contribution is 5.90. The highest BCUT2D eigenvalue weighted by atomic mass is 16.6. The molecule has 2 atom stereocenters. The predicted molar refractivity (Wildman–Crippen MR) is 147 cm³/mol. The molecule has 0 unspecified atom stereocenters. The lowest BCUT2D eigenvalue weighted by molar-refractivity contribution is 0.0221. The van der Waals surface area contributed by atoms with Crippen molar-refractivity contribution in [3.63, 3.8) is 0 Å². The van der Waals surface area contributed by atoms with Crippen LogP contribution in [0.2, 0.25) is 0 Å². The number of ether oxygens (including phenoxy) is 3. The molecule has 0 spiro atoms. The van der Waals surface area contributed by atoms with E-state index in [2.05, 4.69) is 17.1 Å². The standard InChI is InChI=1S/C28H38N6O5/c1-18-16-37-12-10-33(18)25-30-23-15-32(27(36)39-28(3,4)5)14-22(23)24(31-25)20-6-8-21(9-7-20)29-26(35)34-11-13-38-17-19(34)2/h6-9,18-19H,10-17H2,1-5H3,(H,29,35)/t18-,19-/m0/s1. The van der Waals surface area contributed by atoms with E-state index in [9.17, 15) is 9.59 Å². The van der Waals surface area contributed by atoms with Gasteiger partial charge < -0.3 is 29.3 Å². The molecule has 11 nitrogen and oxygen atoms in total. The number of nitrogens with one attached hydrogen (secondary N) is 1. The van der Waals surface area contributed by atoms with Crippen LogP contribution in [-0.4, -0.2) is 89.1 Å². The first-order valence-electron chi connectivity index (χ1n) is 13.6. The van der Waals surface area contributed by atoms with Crippen molar-refractivity contribution in [2.45, 2.75) is 65.4 Å². The van der Waals surface area contributed by atoms with Crippen LogP contribution in [-0.2, 0) is 27.3 Å². The van der Waals surface area contributed by atoms with E-state index in [0.29, 0.717) is 64.2 Å². The molecule has 1 N–H and O–H groups in total. The molecule has 2 saturated heterocycles. The van der Waals surface area contributed by atoms with Crippen molar-refractivity contribution in [3.05, 3.63) is 35.5 Å². The number of urea groups is 1. The fourth-order valence-corrected chi connectivity index (χ4v) is 5.02. The minimum absolute atomic E-state index is 0.0237. The van der Waals surface area contributed by atoms with Gasteiger partial charge in [0, 0.05) is 29.9 Å². The van der Waals surface area contributed by atoms with Crippen LogP contribution < -0.4 is 10.2 Å². The van der Waals surface area contributed by atoms with Crippen LogP contribution in [0.25, 0.3) is 11.3 Å². The second-order valence-corrected chi connectivity index (χ2v) is 11.4. The third-order valence-electron chi connectivity index (χ3n) is 7.08. The average molecular weight is 539 g/mol. The summed E-state index contributed by atoms with van der Waals surface area (Å²) in [5, 5.41) is 2.99. The molecule has 4 heterocycles. The molecule has 3 amide bonds. The quantitative estimate of drug-likeness (QED) is 0.627. The molecule has 3 aliphatic heterocycles. The van der Waals surface area contributed by atoms with E-state index in [0.717, 1.165) is 22.5 Å². The number of benzene rings is 1. The summed E-state index contributed by atoms with van der Waals surface area (Å²) < 4.78 is 16.7. The number of anilines is 2. The summed E-state index contributed by atoms with van der Waals surface area (Å²) in [4.78, 5) is 41.2. The molecule has 1 aromatic carbocycles. The fourth-order valence-electron chi connectivity index (χ4n) is 5.02. The van der Waals surface area contributed by atoms with Crippen molar-refractivity contribution in [2.24, 2.45) is 0 Å². The lowest BCUT2D eigenvalue weighted by Gasteiger charge is -2.33. The van der Waals surface area contributed by atoms with Gasteiger partial charge in [0.05, 0.1) is 63.0 Å². The van der Waals surface area contributed by atoms with E-state index in [1.807, 2.05) is 52.0 Å². The molecule has 3 aliphatic rings. The van der Waals surface area contributed by atoms with E-state index in [1.54, 1.807) is 9.80 Å². The highest BCUT2D eigenvalue weighted by Crippen LogP contribution is 2.34. The van der Waals surface area contributed by atoms with Crippen LogP contribution in [0.4, 0.5) is 21.2 Å². The van der Waals surface area contributed by atoms with E-state index < -0.39 is 5.60 Å². The number of amides is 3. The minimum atomic E-state index is -0.589. The normalized spacial score (nSPS) is 21.5. The average Bonchev–Trinajstić information content (AvgIpc) is 3.33. The van der Waals surface area contributed by atoms with E-state index >= 15 is 0 Å². The number of morpholine rings is 2. The van der Waals surface area contributed by atoms with Crippen molar-refractivity contribution >= 4 is 23.8 Å². The Morgan fingerprint density at radius 3 is 2.33 bits per heavy atom. The lowest BCUT2D eigenvalue weighted by Crippen LogP contribution is -2.48. The Morgan fingerprint density at radius 1 is 0.974 bits per heavy atom. The number of hydrogen-bond donors (Lipinski definition) is 1. The van der Waals surface area contributed by atoms with Crippen molar-refractivity contribution in [2.75, 3.05) is 49.7 Å². The number of fused-ring (bicyclic) bond motifs is 1. The Hall–Kier alpha value is -3.44. The smallest absolute Gasteiger partial charge is 0.410 e. The maximum atomic E-state index is 12.9. The molecular weight excluding hydrogens is 500 g/mol. The van der Waals surface area contributed by atoms with Gasteiger partial charge in [-0.3, -0.25) is 4.90 Å². The van der Waals surface area contributed by atoms with Crippen molar-refractivity contribution in [1.29, 1.82) is 0 Å². The van der Waals surface area contributed by atoms with Gasteiger partial charge in [0.15, 0.2) is 0 Å². The number of hydrogen-bond acceptors (Lipinski definition) is 8. The largest absolute Gasteiger partial charge is 0.444 e. The molecule has 0 radical (unpaired) electrons. The van der Waals surface area contributed by atoms with Gasteiger partial charge in [0.2, 0.25) is 5.95 Å². The molecule has 0 aliphatic carbocycles. The number of carbonyl (C=O) groups excluding carboxylic acids is 2. The first-order valence-corrected chi connectivity index (χ1v) is 13.6. The Kier molecular flexibility index (Phi) is 7.64. The summed E-state index contributed by atoms with van der Waals surface area (Å²) >= 11 is 0. The summed E-state index contributed by atoms with van der Waals surface area (Å²) in [5.74, 6) is 0.629. The fraction of sp³-hybridized carbons (Fsp3) is 0.571. The first-order chi connectivity index (χ1) is 18.6. The lowest BCUT2D eigenvalue weighted by atomic mass is 10.1. The molecule has 39 heavy (non-hydrogen) atoms. The van der Waals surface area contributed by atoms with Gasteiger partial charge in [-0.1, -0.05) is 12.1 Å². The zero-order valence-corrected chi connectivity index (χ0v) is 23.4. The number of carbonyl (C=O) groups is 2. The molecular formula is C28H38N6O5. The zero-order chi connectivity index (χ0) is 27.7. The van der Waals surface area contributed by atoms with Gasteiger partial charge in [-0.2, -0.15) is 0 Å². The van der Waals surface area contributed by atoms with Crippen LogP contribution in [0.1, 0.15) is 45.9 Å². The molecule has 210 valence electrons. The molecule has 2 fully saturated rings. The van der Waals surface area contributed by atoms with Crippen LogP contribution >= 0.6 is 0 Å². The Labute approximate surface area is 229 Å². The van der Waals surface area contributed by atoms with E-state index in [1.165, 1.54) is 0 Å². The minimum Gasteiger partial charge on any atom is -0.444 e. The van der Waals surface area contributed by atoms with Crippen LogP contribution in [0.5, 0.6) is 0 Å². The van der Waals surface area contributed by atoms with Gasteiger partial charge in [0.25, 0.3) is 0 Å². The first kappa shape index (κ1) is 27.1.